The number of anilines is 1. The van der Waals surface area contributed by atoms with E-state index in [9.17, 15) is 0 Å². The summed E-state index contributed by atoms with van der Waals surface area (Å²) in [6, 6.07) is 10.3. The molecule has 0 aliphatic carbocycles. The Labute approximate surface area is 174 Å². The Morgan fingerprint density at radius 1 is 1.21 bits per heavy atom. The Bertz CT molecular complexity index is 822. The first-order chi connectivity index (χ1) is 14.0. The highest BCUT2D eigenvalue weighted by Crippen LogP contribution is 2.28. The largest absolute Gasteiger partial charge is 0.495 e. The van der Waals surface area contributed by atoms with E-state index in [0.29, 0.717) is 5.92 Å². The van der Waals surface area contributed by atoms with Crippen LogP contribution in [0.15, 0.2) is 35.3 Å². The van der Waals surface area contributed by atoms with Crippen molar-refractivity contribution >= 4 is 11.6 Å². The van der Waals surface area contributed by atoms with Gasteiger partial charge in [-0.2, -0.15) is 5.10 Å². The number of benzene rings is 1. The molecule has 1 saturated heterocycles. The number of rotatable bonds is 6. The van der Waals surface area contributed by atoms with Gasteiger partial charge in [0.25, 0.3) is 0 Å². The fraction of sp³-hybridized carbons (Fsp3) is 0.545. The standard InChI is InChI=1S/C22H34N6O/c1-17(16-28-19(3)14-18(2)25-28)15-24-22(23-4)27-12-10-26(11-13-27)20-8-6-7-9-21(20)29-5/h6-9,14,17H,10-13,15-16H2,1-5H3,(H,23,24). The summed E-state index contributed by atoms with van der Waals surface area (Å²) >= 11 is 0. The van der Waals surface area contributed by atoms with Crippen LogP contribution in [0.25, 0.3) is 0 Å². The van der Waals surface area contributed by atoms with Crippen LogP contribution in [-0.4, -0.2) is 67.5 Å². The number of guanidine groups is 1. The van der Waals surface area contributed by atoms with Crippen molar-refractivity contribution in [3.8, 4) is 5.75 Å². The third kappa shape index (κ3) is 5.22. The zero-order valence-electron chi connectivity index (χ0n) is 18.4. The second kappa shape index (κ2) is 9.67. The number of hydrogen-bond donors (Lipinski definition) is 1. The highest BCUT2D eigenvalue weighted by atomic mass is 16.5. The number of ether oxygens (including phenoxy) is 1. The molecule has 0 spiro atoms. The lowest BCUT2D eigenvalue weighted by Crippen LogP contribution is -2.53. The first-order valence-electron chi connectivity index (χ1n) is 10.4. The Morgan fingerprint density at radius 2 is 1.93 bits per heavy atom. The summed E-state index contributed by atoms with van der Waals surface area (Å²) in [4.78, 5) is 9.23. The van der Waals surface area contributed by atoms with Gasteiger partial charge in [-0.25, -0.2) is 0 Å². The molecule has 158 valence electrons. The van der Waals surface area contributed by atoms with Crippen LogP contribution in [0.1, 0.15) is 18.3 Å². The fourth-order valence-corrected chi connectivity index (χ4v) is 3.87. The number of hydrogen-bond acceptors (Lipinski definition) is 4. The van der Waals surface area contributed by atoms with E-state index < -0.39 is 0 Å². The summed E-state index contributed by atoms with van der Waals surface area (Å²) in [5.41, 5.74) is 3.45. The van der Waals surface area contributed by atoms with E-state index in [0.717, 1.165) is 62.4 Å². The van der Waals surface area contributed by atoms with Gasteiger partial charge in [-0.05, 0) is 38.0 Å². The normalized spacial score (nSPS) is 16.1. The molecule has 1 N–H and O–H groups in total. The fourth-order valence-electron chi connectivity index (χ4n) is 3.87. The van der Waals surface area contributed by atoms with Gasteiger partial charge in [-0.15, -0.1) is 0 Å². The number of piperazine rings is 1. The Hall–Kier alpha value is -2.70. The van der Waals surface area contributed by atoms with E-state index in [-0.39, 0.29) is 0 Å². The molecular weight excluding hydrogens is 364 g/mol. The molecule has 1 fully saturated rings. The molecule has 0 bridgehead atoms. The van der Waals surface area contributed by atoms with Crippen LogP contribution in [0.3, 0.4) is 0 Å². The molecular formula is C22H34N6O. The zero-order chi connectivity index (χ0) is 20.8. The maximum Gasteiger partial charge on any atom is 0.193 e. The van der Waals surface area contributed by atoms with Gasteiger partial charge in [-0.3, -0.25) is 9.67 Å². The maximum atomic E-state index is 5.52. The molecule has 1 aliphatic rings. The summed E-state index contributed by atoms with van der Waals surface area (Å²) in [5, 5.41) is 8.13. The van der Waals surface area contributed by atoms with Gasteiger partial charge in [0.15, 0.2) is 5.96 Å². The number of aryl methyl sites for hydroxylation is 2. The first-order valence-corrected chi connectivity index (χ1v) is 10.4. The molecule has 1 aromatic carbocycles. The molecule has 1 atom stereocenters. The monoisotopic (exact) mass is 398 g/mol. The molecule has 0 saturated carbocycles. The quantitative estimate of drug-likeness (QED) is 0.599. The van der Waals surface area contributed by atoms with E-state index in [1.54, 1.807) is 7.11 Å². The third-order valence-electron chi connectivity index (χ3n) is 5.41. The number of methoxy groups -OCH3 is 1. The van der Waals surface area contributed by atoms with Crippen LogP contribution < -0.4 is 15.0 Å². The highest BCUT2D eigenvalue weighted by molar-refractivity contribution is 5.80. The Kier molecular flexibility index (Phi) is 7.01. The lowest BCUT2D eigenvalue weighted by molar-refractivity contribution is 0.359. The van der Waals surface area contributed by atoms with Gasteiger partial charge in [-0.1, -0.05) is 19.1 Å². The molecule has 1 unspecified atom stereocenters. The minimum Gasteiger partial charge on any atom is -0.495 e. The van der Waals surface area contributed by atoms with Crippen molar-refractivity contribution in [2.24, 2.45) is 10.9 Å². The zero-order valence-corrected chi connectivity index (χ0v) is 18.4. The minimum absolute atomic E-state index is 0.458. The van der Waals surface area contributed by atoms with Gasteiger partial charge in [0, 0.05) is 52.0 Å². The lowest BCUT2D eigenvalue weighted by Gasteiger charge is -2.38. The lowest BCUT2D eigenvalue weighted by atomic mass is 10.2. The molecule has 2 heterocycles. The predicted molar refractivity (Wildman–Crippen MR) is 119 cm³/mol. The summed E-state index contributed by atoms with van der Waals surface area (Å²) in [7, 11) is 3.59. The minimum atomic E-state index is 0.458. The number of aliphatic imine (C=N–C) groups is 1. The van der Waals surface area contributed by atoms with Crippen molar-refractivity contribution in [3.63, 3.8) is 0 Å². The summed E-state index contributed by atoms with van der Waals surface area (Å²) < 4.78 is 7.61. The predicted octanol–water partition coefficient (Wildman–Crippen LogP) is 2.54. The van der Waals surface area contributed by atoms with Crippen molar-refractivity contribution in [2.75, 3.05) is 51.8 Å². The van der Waals surface area contributed by atoms with Crippen LogP contribution >= 0.6 is 0 Å². The van der Waals surface area contributed by atoms with Crippen LogP contribution in [0.5, 0.6) is 5.75 Å². The number of aromatic nitrogens is 2. The molecule has 0 radical (unpaired) electrons. The van der Waals surface area contributed by atoms with Gasteiger partial charge in [0.2, 0.25) is 0 Å². The molecule has 3 rings (SSSR count). The van der Waals surface area contributed by atoms with E-state index in [4.69, 9.17) is 4.74 Å². The summed E-state index contributed by atoms with van der Waals surface area (Å²) in [5.74, 6) is 2.37. The first kappa shape index (κ1) is 21.0. The van der Waals surface area contributed by atoms with E-state index >= 15 is 0 Å². The van der Waals surface area contributed by atoms with Crippen LogP contribution in [-0.2, 0) is 6.54 Å². The Morgan fingerprint density at radius 3 is 2.55 bits per heavy atom. The van der Waals surface area contributed by atoms with Crippen molar-refractivity contribution in [1.29, 1.82) is 0 Å². The summed E-state index contributed by atoms with van der Waals surface area (Å²) in [6.07, 6.45) is 0. The van der Waals surface area contributed by atoms with Crippen molar-refractivity contribution in [3.05, 3.63) is 41.7 Å². The number of nitrogens with zero attached hydrogens (tertiary/aromatic N) is 5. The smallest absolute Gasteiger partial charge is 0.193 e. The second-order valence-corrected chi connectivity index (χ2v) is 7.79. The van der Waals surface area contributed by atoms with Crippen LogP contribution in [0, 0.1) is 19.8 Å². The maximum absolute atomic E-state index is 5.52. The van der Waals surface area contributed by atoms with Gasteiger partial charge < -0.3 is 19.9 Å². The molecule has 1 aromatic heterocycles. The van der Waals surface area contributed by atoms with Gasteiger partial charge in [0.1, 0.15) is 5.75 Å². The van der Waals surface area contributed by atoms with Crippen molar-refractivity contribution < 1.29 is 4.74 Å². The topological polar surface area (TPSA) is 57.9 Å². The number of para-hydroxylation sites is 2. The summed E-state index contributed by atoms with van der Waals surface area (Å²) in [6.45, 7) is 11.9. The van der Waals surface area contributed by atoms with Crippen molar-refractivity contribution in [2.45, 2.75) is 27.3 Å². The average molecular weight is 399 g/mol. The van der Waals surface area contributed by atoms with Crippen LogP contribution in [0.2, 0.25) is 0 Å². The van der Waals surface area contributed by atoms with E-state index in [1.165, 1.54) is 5.69 Å². The van der Waals surface area contributed by atoms with Gasteiger partial charge >= 0.3 is 0 Å². The SMILES string of the molecule is CN=C(NCC(C)Cn1nc(C)cc1C)N1CCN(c2ccccc2OC)CC1. The molecule has 7 heteroatoms. The van der Waals surface area contributed by atoms with Crippen LogP contribution in [0.4, 0.5) is 5.69 Å². The molecule has 29 heavy (non-hydrogen) atoms. The van der Waals surface area contributed by atoms with E-state index in [2.05, 4.69) is 61.9 Å². The molecule has 7 nitrogen and oxygen atoms in total. The molecule has 0 amide bonds. The average Bonchev–Trinajstić information content (AvgIpc) is 3.05. The molecule has 2 aromatic rings. The third-order valence-corrected chi connectivity index (χ3v) is 5.41. The second-order valence-electron chi connectivity index (χ2n) is 7.79. The highest BCUT2D eigenvalue weighted by Gasteiger charge is 2.22. The number of nitrogens with one attached hydrogen (secondary N) is 1. The van der Waals surface area contributed by atoms with E-state index in [1.807, 2.05) is 26.1 Å². The van der Waals surface area contributed by atoms with Gasteiger partial charge in [0.05, 0.1) is 18.5 Å². The molecule has 1 aliphatic heterocycles. The van der Waals surface area contributed by atoms with Crippen molar-refractivity contribution in [1.82, 2.24) is 20.0 Å². The Balaban J connectivity index is 1.50.